The maximum Gasteiger partial charge on any atom is 0.252 e. The van der Waals surface area contributed by atoms with Crippen LogP contribution >= 0.6 is 0 Å². The van der Waals surface area contributed by atoms with Gasteiger partial charge in [0.2, 0.25) is 0 Å². The van der Waals surface area contributed by atoms with E-state index in [0.717, 1.165) is 133 Å². The molecule has 4 aliphatic heterocycles. The van der Waals surface area contributed by atoms with Crippen molar-refractivity contribution in [1.29, 1.82) is 0 Å². The third-order valence-electron chi connectivity index (χ3n) is 14.8. The van der Waals surface area contributed by atoms with Crippen molar-refractivity contribution >= 4 is 35.0 Å². The maximum absolute atomic E-state index is 13.4. The molecule has 0 aliphatic carbocycles. The van der Waals surface area contributed by atoms with Crippen LogP contribution in [0.3, 0.4) is 0 Å². The van der Waals surface area contributed by atoms with Crippen molar-refractivity contribution in [2.45, 2.75) is 65.2 Å². The fraction of sp³-hybridized carbons (Fsp3) is 0.439. The van der Waals surface area contributed by atoms with Crippen molar-refractivity contribution in [1.82, 2.24) is 30.2 Å². The minimum absolute atomic E-state index is 0. The van der Waals surface area contributed by atoms with Gasteiger partial charge in [-0.1, -0.05) is 19.1 Å². The number of methoxy groups -OCH3 is 2. The molecule has 15 nitrogen and oxygen atoms in total. The third-order valence-corrected chi connectivity index (χ3v) is 14.8. The zero-order valence-electron chi connectivity index (χ0n) is 43.7. The van der Waals surface area contributed by atoms with Gasteiger partial charge in [0, 0.05) is 133 Å². The van der Waals surface area contributed by atoms with Gasteiger partial charge in [0.15, 0.2) is 0 Å². The summed E-state index contributed by atoms with van der Waals surface area (Å²) in [5, 5.41) is 10.7. The number of likely N-dealkylation sites (N-methyl/N-ethyl adjacent to an activating group) is 1. The minimum Gasteiger partial charge on any atom is -0.497 e. The Morgan fingerprint density at radius 3 is 2.00 bits per heavy atom. The van der Waals surface area contributed by atoms with Crippen LogP contribution in [-0.2, 0) is 11.8 Å². The quantitative estimate of drug-likeness (QED) is 0.0826. The SMILES string of the molecule is CCN1C[C@H]2CC1CN2c1ccc(C)c(C(=O)N[C@H](C)c2cc(OC)cc(-c3cnn(C)c3)c2)c1.CN=C/C(=C\N)c1cc(OC)cc([C@@H](C)NC(=O)c2cc(N3CCN(CC4COC4)CC3)ccc2C)c1.[HH].[HH]. The van der Waals surface area contributed by atoms with Crippen LogP contribution in [0, 0.1) is 19.8 Å². The number of aromatic nitrogens is 2. The summed E-state index contributed by atoms with van der Waals surface area (Å²) >= 11 is 0. The number of aliphatic imine (C=N–C) groups is 1. The van der Waals surface area contributed by atoms with E-state index < -0.39 is 0 Å². The predicted octanol–water partition coefficient (Wildman–Crippen LogP) is 7.93. The number of piperazine rings is 2. The van der Waals surface area contributed by atoms with Gasteiger partial charge in [-0.25, -0.2) is 0 Å². The number of carbonyl (C=O) groups is 2. The van der Waals surface area contributed by atoms with Gasteiger partial charge in [-0.2, -0.15) is 5.10 Å². The number of benzene rings is 4. The normalized spacial score (nSPS) is 19.2. The Hall–Kier alpha value is -6.68. The van der Waals surface area contributed by atoms with Crippen LogP contribution in [0.5, 0.6) is 11.5 Å². The lowest BCUT2D eigenvalue weighted by Gasteiger charge is -2.39. The van der Waals surface area contributed by atoms with E-state index in [9.17, 15) is 9.59 Å². The van der Waals surface area contributed by atoms with E-state index in [1.54, 1.807) is 32.2 Å². The third kappa shape index (κ3) is 12.0. The van der Waals surface area contributed by atoms with E-state index in [4.69, 9.17) is 19.9 Å². The second-order valence-corrected chi connectivity index (χ2v) is 19.8. The number of aryl methyl sites for hydroxylation is 3. The zero-order valence-corrected chi connectivity index (χ0v) is 43.7. The number of carbonyl (C=O) groups excluding carboxylic acids is 2. The molecule has 0 radical (unpaired) electrons. The first-order valence-corrected chi connectivity index (χ1v) is 25.4. The van der Waals surface area contributed by atoms with Crippen molar-refractivity contribution in [3.8, 4) is 22.6 Å². The number of nitrogens with zero attached hydrogens (tertiary/aromatic N) is 7. The van der Waals surface area contributed by atoms with Gasteiger partial charge in [0.1, 0.15) is 11.5 Å². The van der Waals surface area contributed by atoms with E-state index in [-0.39, 0.29) is 26.8 Å². The summed E-state index contributed by atoms with van der Waals surface area (Å²) in [5.41, 5.74) is 17.0. The van der Waals surface area contributed by atoms with Gasteiger partial charge in [-0.05, 0) is 135 Å². The first-order valence-electron chi connectivity index (χ1n) is 25.4. The number of nitrogens with two attached hydrogens (primary N) is 1. The summed E-state index contributed by atoms with van der Waals surface area (Å²) < 4.78 is 18.2. The number of anilines is 2. The van der Waals surface area contributed by atoms with Crippen LogP contribution in [0.1, 0.15) is 90.7 Å². The van der Waals surface area contributed by atoms with Crippen molar-refractivity contribution in [3.63, 3.8) is 0 Å². The molecule has 15 heteroatoms. The molecule has 4 fully saturated rings. The highest BCUT2D eigenvalue weighted by Gasteiger charge is 2.42. The highest BCUT2D eigenvalue weighted by Crippen LogP contribution is 2.36. The Labute approximate surface area is 429 Å². The standard InChI is InChI=1S/C29H39N5O3.C28H35N5O2.2H2/c1-20-5-6-26(34-9-7-33(8-10-34)17-22-18-37-19-22)14-28(20)29(35)32-21(2)23-11-24(13-27(12-23)36-4)25(15-30)16-31-3;1-6-32-16-25-12-24(32)17-33(25)23-8-7-18(2)27(13-23)28(34)30-19(3)20-9-21(11-26(10-20)35-5)22-14-29-31(4)15-22;;/h5-6,11-16,21-22H,7-10,17-19,30H2,1-4H3,(H,32,35);7-11,13-15,19,24-25H,6,12,16-17H2,1-5H3,(H,30,34);2*1H/b25-15+,31-16?;;;/t21-;19-,24?,25-;;/m11../s1. The molecule has 4 atom stereocenters. The summed E-state index contributed by atoms with van der Waals surface area (Å²) in [6.07, 6.45) is 8.25. The van der Waals surface area contributed by atoms with Gasteiger partial charge in [-0.3, -0.25) is 29.1 Å². The molecule has 4 aromatic carbocycles. The molecule has 1 aromatic heterocycles. The lowest BCUT2D eigenvalue weighted by Crippen LogP contribution is -2.50. The van der Waals surface area contributed by atoms with Gasteiger partial charge in [0.05, 0.1) is 45.7 Å². The Morgan fingerprint density at radius 2 is 1.46 bits per heavy atom. The number of hydrogen-bond donors (Lipinski definition) is 3. The average Bonchev–Trinajstić information content (AvgIpc) is 4.13. The first kappa shape index (κ1) is 51.7. The first-order chi connectivity index (χ1) is 34.8. The molecule has 9 rings (SSSR count). The Kier molecular flexibility index (Phi) is 16.7. The molecule has 5 aromatic rings. The van der Waals surface area contributed by atoms with Crippen LogP contribution in [0.25, 0.3) is 16.7 Å². The second-order valence-electron chi connectivity index (χ2n) is 19.8. The molecule has 0 saturated carbocycles. The highest BCUT2D eigenvalue weighted by atomic mass is 16.5. The smallest absolute Gasteiger partial charge is 0.252 e. The van der Waals surface area contributed by atoms with Crippen molar-refractivity contribution < 1.29 is 26.7 Å². The van der Waals surface area contributed by atoms with E-state index in [1.807, 2.05) is 89.6 Å². The fourth-order valence-electron chi connectivity index (χ4n) is 10.4. The monoisotopic (exact) mass is 983 g/mol. The summed E-state index contributed by atoms with van der Waals surface area (Å²) in [5.74, 6) is 1.98. The molecular formula is C57H78N10O5. The predicted molar refractivity (Wildman–Crippen MR) is 293 cm³/mol. The largest absolute Gasteiger partial charge is 0.497 e. The number of likely N-dealkylation sites (tertiary alicyclic amines) is 1. The summed E-state index contributed by atoms with van der Waals surface area (Å²) in [6, 6.07) is 25.2. The number of nitrogens with one attached hydrogen (secondary N) is 2. The molecule has 4 N–H and O–H groups in total. The molecule has 1 unspecified atom stereocenters. The molecule has 386 valence electrons. The van der Waals surface area contributed by atoms with Crippen LogP contribution in [0.4, 0.5) is 11.4 Å². The van der Waals surface area contributed by atoms with Gasteiger partial charge >= 0.3 is 0 Å². The van der Waals surface area contributed by atoms with E-state index in [2.05, 4.69) is 77.6 Å². The van der Waals surface area contributed by atoms with Crippen LogP contribution in [-0.4, -0.2) is 137 Å². The van der Waals surface area contributed by atoms with E-state index in [0.29, 0.717) is 29.3 Å². The Bertz CT molecular complexity index is 2770. The molecule has 4 saturated heterocycles. The number of allylic oxidation sites excluding steroid dienone is 1. The summed E-state index contributed by atoms with van der Waals surface area (Å²) in [6.45, 7) is 20.4. The Morgan fingerprint density at radius 1 is 0.833 bits per heavy atom. The number of fused-ring (bicyclic) bond motifs is 2. The number of ether oxygens (including phenoxy) is 3. The molecule has 2 bridgehead atoms. The van der Waals surface area contributed by atoms with Gasteiger partial charge < -0.3 is 40.4 Å². The second kappa shape index (κ2) is 23.2. The number of rotatable bonds is 16. The van der Waals surface area contributed by atoms with E-state index in [1.165, 1.54) is 12.6 Å². The highest BCUT2D eigenvalue weighted by molar-refractivity contribution is 6.09. The van der Waals surface area contributed by atoms with Crippen LogP contribution in [0.2, 0.25) is 0 Å². The molecule has 0 spiro atoms. The molecule has 5 heterocycles. The molecule has 4 aliphatic rings. The summed E-state index contributed by atoms with van der Waals surface area (Å²) in [7, 11) is 6.89. The molecule has 72 heavy (non-hydrogen) atoms. The number of hydrogen-bond acceptors (Lipinski definition) is 12. The summed E-state index contributed by atoms with van der Waals surface area (Å²) in [4.78, 5) is 40.8. The fourth-order valence-corrected chi connectivity index (χ4v) is 10.4. The lowest BCUT2D eigenvalue weighted by atomic mass is 9.99. The van der Waals surface area contributed by atoms with Gasteiger partial charge in [0.25, 0.3) is 11.8 Å². The topological polar surface area (TPSA) is 155 Å². The molecule has 2 amide bonds. The van der Waals surface area contributed by atoms with Crippen LogP contribution < -0.4 is 35.6 Å². The Balaban J connectivity index is 0.000000235. The average molecular weight is 983 g/mol. The lowest BCUT2D eigenvalue weighted by molar-refractivity contribution is -0.0468. The molecular weight excluding hydrogens is 905 g/mol. The minimum atomic E-state index is -0.235. The number of amides is 2. The van der Waals surface area contributed by atoms with E-state index >= 15 is 0 Å². The zero-order chi connectivity index (χ0) is 51.1. The maximum atomic E-state index is 13.4. The van der Waals surface area contributed by atoms with Crippen molar-refractivity contribution in [2.24, 2.45) is 23.7 Å². The van der Waals surface area contributed by atoms with Crippen molar-refractivity contribution in [2.75, 3.05) is 96.6 Å². The van der Waals surface area contributed by atoms with Gasteiger partial charge in [-0.15, -0.1) is 0 Å². The van der Waals surface area contributed by atoms with Crippen molar-refractivity contribution in [3.05, 3.63) is 130 Å². The van der Waals surface area contributed by atoms with Crippen LogP contribution in [0.15, 0.2) is 96.4 Å².